The lowest BCUT2D eigenvalue weighted by Crippen LogP contribution is -1.92. The third-order valence-corrected chi connectivity index (χ3v) is 1.64. The number of allylic oxidation sites excluding steroid dienone is 3. The van der Waals surface area contributed by atoms with Crippen molar-refractivity contribution >= 4 is 0 Å². The Morgan fingerprint density at radius 2 is 2.09 bits per heavy atom. The fourth-order valence-electron chi connectivity index (χ4n) is 1.17. The predicted molar refractivity (Wildman–Crippen MR) is 52.6 cm³/mol. The summed E-state index contributed by atoms with van der Waals surface area (Å²) in [5, 5.41) is 0. The van der Waals surface area contributed by atoms with Crippen LogP contribution in [0.3, 0.4) is 0 Å². The Balaban J connectivity index is 3.44. The Bertz CT molecular complexity index is 131. The maximum absolute atomic E-state index is 3.90. The van der Waals surface area contributed by atoms with Gasteiger partial charge in [-0.3, -0.25) is 0 Å². The van der Waals surface area contributed by atoms with E-state index in [1.54, 1.807) is 0 Å². The summed E-state index contributed by atoms with van der Waals surface area (Å²) in [6, 6.07) is 0. The Kier molecular flexibility index (Phi) is 5.91. The van der Waals surface area contributed by atoms with Gasteiger partial charge in [-0.25, -0.2) is 0 Å². The topological polar surface area (TPSA) is 0 Å². The van der Waals surface area contributed by atoms with Gasteiger partial charge in [0.2, 0.25) is 0 Å². The van der Waals surface area contributed by atoms with Crippen LogP contribution < -0.4 is 0 Å². The zero-order chi connectivity index (χ0) is 8.69. The van der Waals surface area contributed by atoms with Gasteiger partial charge in [-0.2, -0.15) is 0 Å². The van der Waals surface area contributed by atoms with Crippen molar-refractivity contribution in [3.63, 3.8) is 0 Å². The molecule has 0 saturated carbocycles. The number of hydrogen-bond acceptors (Lipinski definition) is 0. The molecule has 64 valence electrons. The SMILES string of the molecule is C=C(C)C[C@@H](C)C/C=C/CC. The first-order chi connectivity index (χ1) is 5.16. The summed E-state index contributed by atoms with van der Waals surface area (Å²) in [5.41, 5.74) is 1.29. The summed E-state index contributed by atoms with van der Waals surface area (Å²) in [6.45, 7) is 10.4. The van der Waals surface area contributed by atoms with E-state index in [4.69, 9.17) is 0 Å². The molecule has 0 nitrogen and oxygen atoms in total. The van der Waals surface area contributed by atoms with Crippen molar-refractivity contribution in [2.75, 3.05) is 0 Å². The van der Waals surface area contributed by atoms with Crippen molar-refractivity contribution < 1.29 is 0 Å². The van der Waals surface area contributed by atoms with Gasteiger partial charge in [-0.1, -0.05) is 31.6 Å². The lowest BCUT2D eigenvalue weighted by Gasteiger charge is -2.06. The molecule has 11 heavy (non-hydrogen) atoms. The van der Waals surface area contributed by atoms with Gasteiger partial charge in [0.05, 0.1) is 0 Å². The third kappa shape index (κ3) is 7.38. The van der Waals surface area contributed by atoms with Gasteiger partial charge in [0.1, 0.15) is 0 Å². The highest BCUT2D eigenvalue weighted by Crippen LogP contribution is 2.13. The van der Waals surface area contributed by atoms with E-state index in [1.807, 2.05) is 0 Å². The van der Waals surface area contributed by atoms with E-state index in [0.29, 0.717) is 0 Å². The molecule has 0 radical (unpaired) electrons. The molecule has 0 aliphatic carbocycles. The fraction of sp³-hybridized carbons (Fsp3) is 0.636. The van der Waals surface area contributed by atoms with E-state index in [2.05, 4.69) is 39.5 Å². The maximum atomic E-state index is 3.90. The molecular formula is C11H20. The molecule has 0 saturated heterocycles. The maximum Gasteiger partial charge on any atom is -0.0297 e. The van der Waals surface area contributed by atoms with E-state index in [9.17, 15) is 0 Å². The Morgan fingerprint density at radius 1 is 1.45 bits per heavy atom. The molecule has 0 N–H and O–H groups in total. The van der Waals surface area contributed by atoms with Crippen molar-refractivity contribution in [3.8, 4) is 0 Å². The second kappa shape index (κ2) is 6.21. The van der Waals surface area contributed by atoms with Crippen molar-refractivity contribution in [1.29, 1.82) is 0 Å². The minimum atomic E-state index is 0.760. The van der Waals surface area contributed by atoms with E-state index in [-0.39, 0.29) is 0 Å². The van der Waals surface area contributed by atoms with Crippen LogP contribution in [0, 0.1) is 5.92 Å². The Morgan fingerprint density at radius 3 is 2.55 bits per heavy atom. The van der Waals surface area contributed by atoms with Gasteiger partial charge in [0, 0.05) is 0 Å². The molecule has 1 atom stereocenters. The summed E-state index contributed by atoms with van der Waals surface area (Å²) >= 11 is 0. The quantitative estimate of drug-likeness (QED) is 0.523. The number of hydrogen-bond donors (Lipinski definition) is 0. The molecule has 0 spiro atoms. The van der Waals surface area contributed by atoms with E-state index < -0.39 is 0 Å². The van der Waals surface area contributed by atoms with Crippen LogP contribution in [0.15, 0.2) is 24.3 Å². The minimum absolute atomic E-state index is 0.760. The van der Waals surface area contributed by atoms with E-state index >= 15 is 0 Å². The van der Waals surface area contributed by atoms with Gasteiger partial charge in [0.15, 0.2) is 0 Å². The molecule has 0 heteroatoms. The zero-order valence-electron chi connectivity index (χ0n) is 8.06. The van der Waals surface area contributed by atoms with Crippen LogP contribution in [0.2, 0.25) is 0 Å². The second-order valence-electron chi connectivity index (χ2n) is 3.38. The molecule has 0 unspecified atom stereocenters. The molecule has 0 heterocycles. The lowest BCUT2D eigenvalue weighted by molar-refractivity contribution is 0.586. The second-order valence-corrected chi connectivity index (χ2v) is 3.38. The normalized spacial score (nSPS) is 13.7. The van der Waals surface area contributed by atoms with Crippen LogP contribution in [0.5, 0.6) is 0 Å². The standard InChI is InChI=1S/C11H20/c1-5-6-7-8-11(4)9-10(2)3/h6-7,11H,2,5,8-9H2,1,3-4H3/b7-6+/t11-/m0/s1. The highest BCUT2D eigenvalue weighted by atomic mass is 14.0. The van der Waals surface area contributed by atoms with Crippen LogP contribution in [0.1, 0.15) is 40.0 Å². The van der Waals surface area contributed by atoms with Gasteiger partial charge >= 0.3 is 0 Å². The van der Waals surface area contributed by atoms with Crippen LogP contribution in [-0.4, -0.2) is 0 Å². The molecule has 0 aliphatic heterocycles. The average Bonchev–Trinajstić information content (AvgIpc) is 1.86. The van der Waals surface area contributed by atoms with Gasteiger partial charge in [-0.05, 0) is 32.1 Å². The van der Waals surface area contributed by atoms with Gasteiger partial charge < -0.3 is 0 Å². The molecule has 0 fully saturated rings. The van der Waals surface area contributed by atoms with Crippen molar-refractivity contribution in [3.05, 3.63) is 24.3 Å². The Hall–Kier alpha value is -0.520. The van der Waals surface area contributed by atoms with E-state index in [1.165, 1.54) is 12.0 Å². The fourth-order valence-corrected chi connectivity index (χ4v) is 1.17. The first-order valence-corrected chi connectivity index (χ1v) is 4.46. The summed E-state index contributed by atoms with van der Waals surface area (Å²) in [7, 11) is 0. The number of rotatable bonds is 5. The van der Waals surface area contributed by atoms with Gasteiger partial charge in [0.25, 0.3) is 0 Å². The van der Waals surface area contributed by atoms with Gasteiger partial charge in [-0.15, -0.1) is 6.58 Å². The molecule has 0 bridgehead atoms. The molecule has 0 aliphatic rings. The molecule has 0 aromatic heterocycles. The summed E-state index contributed by atoms with van der Waals surface area (Å²) in [5.74, 6) is 0.760. The molecule has 0 rings (SSSR count). The highest BCUT2D eigenvalue weighted by Gasteiger charge is 1.97. The van der Waals surface area contributed by atoms with Crippen molar-refractivity contribution in [2.24, 2.45) is 5.92 Å². The minimum Gasteiger partial charge on any atom is -0.100 e. The molecule has 0 aromatic carbocycles. The predicted octanol–water partition coefficient (Wildman–Crippen LogP) is 3.95. The van der Waals surface area contributed by atoms with Crippen LogP contribution in [0.4, 0.5) is 0 Å². The zero-order valence-corrected chi connectivity index (χ0v) is 8.06. The molecule has 0 aromatic rings. The molecular weight excluding hydrogens is 132 g/mol. The largest absolute Gasteiger partial charge is 0.100 e. The lowest BCUT2D eigenvalue weighted by atomic mass is 10.00. The van der Waals surface area contributed by atoms with Crippen LogP contribution >= 0.6 is 0 Å². The van der Waals surface area contributed by atoms with Crippen LogP contribution in [0.25, 0.3) is 0 Å². The summed E-state index contributed by atoms with van der Waals surface area (Å²) in [6.07, 6.45) is 8.01. The summed E-state index contributed by atoms with van der Waals surface area (Å²) < 4.78 is 0. The monoisotopic (exact) mass is 152 g/mol. The Labute approximate surface area is 71.0 Å². The van der Waals surface area contributed by atoms with Crippen molar-refractivity contribution in [1.82, 2.24) is 0 Å². The average molecular weight is 152 g/mol. The molecule has 0 amide bonds. The summed E-state index contributed by atoms with van der Waals surface area (Å²) in [4.78, 5) is 0. The highest BCUT2D eigenvalue weighted by molar-refractivity contribution is 4.92. The van der Waals surface area contributed by atoms with E-state index in [0.717, 1.165) is 18.8 Å². The third-order valence-electron chi connectivity index (χ3n) is 1.64. The smallest absolute Gasteiger partial charge is 0.0297 e. The first kappa shape index (κ1) is 10.5. The van der Waals surface area contributed by atoms with Crippen LogP contribution in [-0.2, 0) is 0 Å². The first-order valence-electron chi connectivity index (χ1n) is 4.46. The van der Waals surface area contributed by atoms with Crippen molar-refractivity contribution in [2.45, 2.75) is 40.0 Å².